The molecule has 0 unspecified atom stereocenters. The number of non-ortho nitro benzene ring substituents is 1. The smallest absolute Gasteiger partial charge is 0.276 e. The lowest BCUT2D eigenvalue weighted by Crippen LogP contribution is -2.17. The van der Waals surface area contributed by atoms with Crippen LogP contribution >= 0.6 is 11.3 Å². The highest BCUT2D eigenvalue weighted by Gasteiger charge is 2.17. The molecule has 0 saturated carbocycles. The fraction of sp³-hybridized carbons (Fsp3) is 0.118. The molecular weight excluding hydrogens is 370 g/mol. The van der Waals surface area contributed by atoms with Crippen molar-refractivity contribution in [3.8, 4) is 0 Å². The minimum Gasteiger partial charge on any atom is -0.322 e. The van der Waals surface area contributed by atoms with Gasteiger partial charge in [-0.1, -0.05) is 0 Å². The molecule has 0 saturated heterocycles. The van der Waals surface area contributed by atoms with E-state index in [1.165, 1.54) is 35.6 Å². The first-order chi connectivity index (χ1) is 13.0. The fourth-order valence-electron chi connectivity index (χ4n) is 2.28. The number of nitro benzene ring substituents is 1. The zero-order chi connectivity index (χ0) is 19.4. The summed E-state index contributed by atoms with van der Waals surface area (Å²) in [4.78, 5) is 34.9. The van der Waals surface area contributed by atoms with E-state index < -0.39 is 16.7 Å². The number of carbonyl (C=O) groups is 2. The minimum atomic E-state index is -0.516. The Morgan fingerprint density at radius 1 is 1.15 bits per heavy atom. The zero-order valence-electron chi connectivity index (χ0n) is 14.2. The molecule has 0 radical (unpaired) electrons. The van der Waals surface area contributed by atoms with E-state index in [2.05, 4.69) is 15.7 Å². The molecule has 2 aromatic heterocycles. The van der Waals surface area contributed by atoms with Crippen molar-refractivity contribution in [2.45, 2.75) is 13.5 Å². The summed E-state index contributed by atoms with van der Waals surface area (Å²) in [6, 6.07) is 8.68. The van der Waals surface area contributed by atoms with Crippen molar-refractivity contribution < 1.29 is 14.5 Å². The normalized spacial score (nSPS) is 10.4. The third kappa shape index (κ3) is 4.18. The predicted molar refractivity (Wildman–Crippen MR) is 101 cm³/mol. The minimum absolute atomic E-state index is 0.0667. The number of hydrogen-bond donors (Lipinski definition) is 2. The zero-order valence-corrected chi connectivity index (χ0v) is 15.0. The van der Waals surface area contributed by atoms with Gasteiger partial charge in [-0.3, -0.25) is 24.4 Å². The summed E-state index contributed by atoms with van der Waals surface area (Å²) in [5, 5.41) is 22.2. The van der Waals surface area contributed by atoms with E-state index in [1.54, 1.807) is 28.4 Å². The van der Waals surface area contributed by atoms with Crippen LogP contribution in [0, 0.1) is 10.1 Å². The molecule has 10 heteroatoms. The third-order valence-electron chi connectivity index (χ3n) is 3.67. The molecule has 0 aliphatic heterocycles. The van der Waals surface area contributed by atoms with Crippen LogP contribution in [-0.2, 0) is 6.54 Å². The van der Waals surface area contributed by atoms with Crippen molar-refractivity contribution in [2.24, 2.45) is 0 Å². The second-order valence-electron chi connectivity index (χ2n) is 5.43. The lowest BCUT2D eigenvalue weighted by molar-refractivity contribution is -0.384. The van der Waals surface area contributed by atoms with E-state index in [9.17, 15) is 19.7 Å². The molecule has 0 bridgehead atoms. The summed E-state index contributed by atoms with van der Waals surface area (Å²) in [6.07, 6.45) is 1.70. The van der Waals surface area contributed by atoms with Gasteiger partial charge in [-0.2, -0.15) is 5.10 Å². The van der Waals surface area contributed by atoms with Crippen LogP contribution in [0.5, 0.6) is 0 Å². The number of nitrogens with zero attached hydrogens (tertiary/aromatic N) is 3. The number of carbonyl (C=O) groups excluding carboxylic acids is 2. The highest BCUT2D eigenvalue weighted by molar-refractivity contribution is 7.14. The predicted octanol–water partition coefficient (Wildman–Crippen LogP) is 3.38. The van der Waals surface area contributed by atoms with Crippen LogP contribution < -0.4 is 10.6 Å². The lowest BCUT2D eigenvalue weighted by Gasteiger charge is -2.07. The topological polar surface area (TPSA) is 119 Å². The summed E-state index contributed by atoms with van der Waals surface area (Å²) in [7, 11) is 0. The van der Waals surface area contributed by atoms with Gasteiger partial charge < -0.3 is 10.6 Å². The number of amides is 2. The van der Waals surface area contributed by atoms with Crippen LogP contribution in [0.3, 0.4) is 0 Å². The number of rotatable bonds is 6. The van der Waals surface area contributed by atoms with Gasteiger partial charge in [0.25, 0.3) is 17.5 Å². The Morgan fingerprint density at radius 2 is 1.89 bits per heavy atom. The molecule has 2 heterocycles. The number of benzene rings is 1. The van der Waals surface area contributed by atoms with E-state index in [4.69, 9.17) is 0 Å². The number of thiophene rings is 1. The van der Waals surface area contributed by atoms with Crippen LogP contribution in [0.25, 0.3) is 0 Å². The maximum atomic E-state index is 12.5. The first kappa shape index (κ1) is 18.3. The maximum Gasteiger partial charge on any atom is 0.276 e. The van der Waals surface area contributed by atoms with Crippen LogP contribution in [0.4, 0.5) is 16.4 Å². The molecule has 0 spiro atoms. The number of hydrogen-bond acceptors (Lipinski definition) is 6. The Morgan fingerprint density at radius 3 is 2.52 bits per heavy atom. The van der Waals surface area contributed by atoms with E-state index in [-0.39, 0.29) is 11.4 Å². The van der Waals surface area contributed by atoms with Crippen molar-refractivity contribution in [3.05, 3.63) is 69.3 Å². The summed E-state index contributed by atoms with van der Waals surface area (Å²) >= 11 is 1.21. The Kier molecular flexibility index (Phi) is 5.27. The van der Waals surface area contributed by atoms with Crippen molar-refractivity contribution in [1.29, 1.82) is 0 Å². The van der Waals surface area contributed by atoms with Crippen molar-refractivity contribution >= 4 is 39.5 Å². The van der Waals surface area contributed by atoms with Gasteiger partial charge in [0.15, 0.2) is 5.69 Å². The number of anilines is 2. The second-order valence-corrected chi connectivity index (χ2v) is 6.35. The van der Waals surface area contributed by atoms with Gasteiger partial charge in [0.05, 0.1) is 10.5 Å². The highest BCUT2D eigenvalue weighted by atomic mass is 32.1. The van der Waals surface area contributed by atoms with Crippen molar-refractivity contribution in [1.82, 2.24) is 9.78 Å². The standard InChI is InChI=1S/C17H15N5O4S/c1-2-21-9-7-14(20-21)16(24)19-17-13(8-10-27-17)15(23)18-11-3-5-12(6-4-11)22(25)26/h3-10H,2H2,1H3,(H,18,23)(H,19,24). The second kappa shape index (κ2) is 7.79. The molecule has 9 nitrogen and oxygen atoms in total. The number of nitrogens with one attached hydrogen (secondary N) is 2. The van der Waals surface area contributed by atoms with Crippen LogP contribution in [-0.4, -0.2) is 26.5 Å². The average Bonchev–Trinajstić information content (AvgIpc) is 3.31. The molecule has 0 aliphatic rings. The van der Waals surface area contributed by atoms with Gasteiger partial charge >= 0.3 is 0 Å². The summed E-state index contributed by atoms with van der Waals surface area (Å²) in [5.41, 5.74) is 0.896. The van der Waals surface area contributed by atoms with E-state index in [0.717, 1.165) is 0 Å². The van der Waals surface area contributed by atoms with E-state index >= 15 is 0 Å². The molecule has 0 atom stereocenters. The van der Waals surface area contributed by atoms with Crippen molar-refractivity contribution in [2.75, 3.05) is 10.6 Å². The van der Waals surface area contributed by atoms with Gasteiger partial charge in [0.1, 0.15) is 5.00 Å². The maximum absolute atomic E-state index is 12.5. The third-order valence-corrected chi connectivity index (χ3v) is 4.50. The number of nitro groups is 1. The molecule has 0 fully saturated rings. The largest absolute Gasteiger partial charge is 0.322 e. The molecule has 27 heavy (non-hydrogen) atoms. The number of aryl methyl sites for hydroxylation is 1. The first-order valence-corrected chi connectivity index (χ1v) is 8.84. The van der Waals surface area contributed by atoms with Crippen LogP contribution in [0.2, 0.25) is 0 Å². The highest BCUT2D eigenvalue weighted by Crippen LogP contribution is 2.25. The number of aromatic nitrogens is 2. The van der Waals surface area contributed by atoms with Crippen LogP contribution in [0.15, 0.2) is 48.0 Å². The van der Waals surface area contributed by atoms with Gasteiger partial charge in [0, 0.05) is 30.6 Å². The molecule has 138 valence electrons. The van der Waals surface area contributed by atoms with Gasteiger partial charge in [-0.15, -0.1) is 11.3 Å². The van der Waals surface area contributed by atoms with Gasteiger partial charge in [0.2, 0.25) is 0 Å². The molecule has 2 amide bonds. The average molecular weight is 385 g/mol. The molecule has 0 aliphatic carbocycles. The molecule has 1 aromatic carbocycles. The Bertz CT molecular complexity index is 993. The summed E-state index contributed by atoms with van der Waals surface area (Å²) in [5.74, 6) is -0.839. The van der Waals surface area contributed by atoms with Crippen molar-refractivity contribution in [3.63, 3.8) is 0 Å². The monoisotopic (exact) mass is 385 g/mol. The fourth-order valence-corrected chi connectivity index (χ4v) is 3.06. The first-order valence-electron chi connectivity index (χ1n) is 7.96. The van der Waals surface area contributed by atoms with E-state index in [1.807, 2.05) is 6.92 Å². The Labute approximate surface area is 157 Å². The van der Waals surface area contributed by atoms with E-state index in [0.29, 0.717) is 22.8 Å². The molecular formula is C17H15N5O4S. The van der Waals surface area contributed by atoms with Crippen LogP contribution in [0.1, 0.15) is 27.8 Å². The van der Waals surface area contributed by atoms with Gasteiger partial charge in [-0.25, -0.2) is 0 Å². The Hall–Kier alpha value is -3.53. The molecule has 3 aromatic rings. The molecule has 3 rings (SSSR count). The summed E-state index contributed by atoms with van der Waals surface area (Å²) < 4.78 is 1.63. The SMILES string of the molecule is CCn1ccc(C(=O)Nc2sccc2C(=O)Nc2ccc([N+](=O)[O-])cc2)n1. The quantitative estimate of drug-likeness (QED) is 0.498. The summed E-state index contributed by atoms with van der Waals surface area (Å²) in [6.45, 7) is 2.56. The Balaban J connectivity index is 1.70. The van der Waals surface area contributed by atoms with Gasteiger partial charge in [-0.05, 0) is 36.6 Å². The lowest BCUT2D eigenvalue weighted by atomic mass is 10.2. The molecule has 2 N–H and O–H groups in total.